The molecule has 3 heteroatoms. The Labute approximate surface area is 82.9 Å². The Morgan fingerprint density at radius 2 is 2.00 bits per heavy atom. The molecule has 0 aliphatic carbocycles. The van der Waals surface area contributed by atoms with Crippen molar-refractivity contribution in [3.63, 3.8) is 0 Å². The number of hydrogen-bond acceptors (Lipinski definition) is 1. The van der Waals surface area contributed by atoms with Crippen LogP contribution in [0.1, 0.15) is 25.0 Å². The normalized spacial score (nSPS) is 11.8. The quantitative estimate of drug-likeness (QED) is 0.795. The zero-order valence-electron chi connectivity index (χ0n) is 8.48. The molecule has 1 aromatic carbocycles. The van der Waals surface area contributed by atoms with Crippen molar-refractivity contribution in [2.24, 2.45) is 5.73 Å². The van der Waals surface area contributed by atoms with Crippen molar-refractivity contribution in [2.75, 3.05) is 6.54 Å². The van der Waals surface area contributed by atoms with Crippen molar-refractivity contribution >= 4 is 0 Å². The van der Waals surface area contributed by atoms with E-state index in [1.165, 1.54) is 19.9 Å². The highest BCUT2D eigenvalue weighted by molar-refractivity contribution is 5.33. The third kappa shape index (κ3) is 2.29. The van der Waals surface area contributed by atoms with E-state index in [9.17, 15) is 8.78 Å². The van der Waals surface area contributed by atoms with Crippen LogP contribution in [0.5, 0.6) is 0 Å². The van der Waals surface area contributed by atoms with E-state index in [4.69, 9.17) is 5.73 Å². The molecule has 0 amide bonds. The van der Waals surface area contributed by atoms with Gasteiger partial charge in [0.25, 0.3) is 0 Å². The fraction of sp³-hybridized carbons (Fsp3) is 0.455. The van der Waals surface area contributed by atoms with Crippen LogP contribution >= 0.6 is 0 Å². The molecule has 1 rings (SSSR count). The smallest absolute Gasteiger partial charge is 0.133 e. The minimum atomic E-state index is -1.66. The van der Waals surface area contributed by atoms with Crippen LogP contribution < -0.4 is 5.73 Å². The van der Waals surface area contributed by atoms with Gasteiger partial charge in [-0.15, -0.1) is 0 Å². The van der Waals surface area contributed by atoms with E-state index in [-0.39, 0.29) is 5.56 Å². The molecular weight excluding hydrogens is 184 g/mol. The van der Waals surface area contributed by atoms with Crippen molar-refractivity contribution in [1.82, 2.24) is 0 Å². The number of rotatable bonds is 3. The van der Waals surface area contributed by atoms with Gasteiger partial charge in [-0.1, -0.05) is 12.1 Å². The molecule has 0 atom stereocenters. The molecule has 0 radical (unpaired) electrons. The molecule has 0 saturated heterocycles. The highest BCUT2D eigenvalue weighted by Gasteiger charge is 2.25. The molecule has 78 valence electrons. The highest BCUT2D eigenvalue weighted by Crippen LogP contribution is 2.30. The first-order valence-electron chi connectivity index (χ1n) is 4.63. The molecule has 14 heavy (non-hydrogen) atoms. The zero-order valence-corrected chi connectivity index (χ0v) is 8.48. The first-order valence-corrected chi connectivity index (χ1v) is 4.63. The maximum atomic E-state index is 13.7. The van der Waals surface area contributed by atoms with E-state index in [0.717, 1.165) is 0 Å². The fourth-order valence-electron chi connectivity index (χ4n) is 1.60. The van der Waals surface area contributed by atoms with Gasteiger partial charge >= 0.3 is 0 Å². The van der Waals surface area contributed by atoms with E-state index in [1.54, 1.807) is 12.1 Å². The summed E-state index contributed by atoms with van der Waals surface area (Å²) in [4.78, 5) is 0. The molecule has 0 fully saturated rings. The maximum Gasteiger partial charge on any atom is 0.133 e. The van der Waals surface area contributed by atoms with Crippen molar-refractivity contribution < 1.29 is 8.78 Å². The molecule has 0 aromatic heterocycles. The maximum absolute atomic E-state index is 13.7. The Morgan fingerprint density at radius 3 is 2.50 bits per heavy atom. The Bertz CT molecular complexity index is 316. The first-order chi connectivity index (χ1) is 6.46. The number of nitrogens with two attached hydrogens (primary N) is 1. The topological polar surface area (TPSA) is 26.0 Å². The van der Waals surface area contributed by atoms with Gasteiger partial charge in [-0.2, -0.15) is 0 Å². The van der Waals surface area contributed by atoms with Gasteiger partial charge < -0.3 is 5.73 Å². The van der Waals surface area contributed by atoms with Crippen LogP contribution in [0.2, 0.25) is 0 Å². The summed E-state index contributed by atoms with van der Waals surface area (Å²) in [5.41, 5.74) is 4.50. The summed E-state index contributed by atoms with van der Waals surface area (Å²) in [5, 5.41) is 0. The SMILES string of the molecule is CC(C)(F)c1c(F)cccc1CCN. The van der Waals surface area contributed by atoms with Gasteiger partial charge in [0, 0.05) is 5.56 Å². The Morgan fingerprint density at radius 1 is 1.36 bits per heavy atom. The monoisotopic (exact) mass is 199 g/mol. The van der Waals surface area contributed by atoms with Crippen molar-refractivity contribution in [3.05, 3.63) is 35.1 Å². The Balaban J connectivity index is 3.22. The number of hydrogen-bond donors (Lipinski definition) is 1. The van der Waals surface area contributed by atoms with Gasteiger partial charge in [0.15, 0.2) is 0 Å². The van der Waals surface area contributed by atoms with Crippen LogP contribution in [0.4, 0.5) is 8.78 Å². The van der Waals surface area contributed by atoms with Gasteiger partial charge in [-0.25, -0.2) is 8.78 Å². The molecular formula is C11H15F2N. The third-order valence-corrected chi connectivity index (χ3v) is 2.11. The van der Waals surface area contributed by atoms with Crippen LogP contribution in [0.25, 0.3) is 0 Å². The summed E-state index contributed by atoms with van der Waals surface area (Å²) in [6.45, 7) is 3.10. The summed E-state index contributed by atoms with van der Waals surface area (Å²) in [5.74, 6) is -0.497. The molecule has 2 N–H and O–H groups in total. The summed E-state index contributed by atoms with van der Waals surface area (Å²) in [6, 6.07) is 4.57. The summed E-state index contributed by atoms with van der Waals surface area (Å²) in [7, 11) is 0. The molecule has 0 unspecified atom stereocenters. The van der Waals surface area contributed by atoms with Crippen molar-refractivity contribution in [3.8, 4) is 0 Å². The summed E-state index contributed by atoms with van der Waals surface area (Å²) < 4.78 is 27.1. The average molecular weight is 199 g/mol. The second-order valence-corrected chi connectivity index (χ2v) is 3.79. The number of halogens is 2. The minimum absolute atomic E-state index is 0.130. The fourth-order valence-corrected chi connectivity index (χ4v) is 1.60. The molecule has 1 nitrogen and oxygen atoms in total. The number of benzene rings is 1. The van der Waals surface area contributed by atoms with Crippen LogP contribution in [-0.2, 0) is 12.1 Å². The molecule has 0 saturated carbocycles. The van der Waals surface area contributed by atoms with Crippen LogP contribution in [-0.4, -0.2) is 6.54 Å². The second kappa shape index (κ2) is 4.05. The predicted octanol–water partition coefficient (Wildman–Crippen LogP) is 2.53. The lowest BCUT2D eigenvalue weighted by Crippen LogP contribution is -2.17. The number of alkyl halides is 1. The summed E-state index contributed by atoms with van der Waals surface area (Å²) in [6.07, 6.45) is 0.500. The largest absolute Gasteiger partial charge is 0.330 e. The van der Waals surface area contributed by atoms with Crippen molar-refractivity contribution in [2.45, 2.75) is 25.9 Å². The summed E-state index contributed by atoms with van der Waals surface area (Å²) >= 11 is 0. The van der Waals surface area contributed by atoms with E-state index < -0.39 is 11.5 Å². The van der Waals surface area contributed by atoms with Gasteiger partial charge in [0.05, 0.1) is 0 Å². The Hall–Kier alpha value is -0.960. The lowest BCUT2D eigenvalue weighted by atomic mass is 9.92. The van der Waals surface area contributed by atoms with Gasteiger partial charge in [-0.05, 0) is 38.4 Å². The second-order valence-electron chi connectivity index (χ2n) is 3.79. The van der Waals surface area contributed by atoms with Gasteiger partial charge in [0.1, 0.15) is 11.5 Å². The zero-order chi connectivity index (χ0) is 10.8. The third-order valence-electron chi connectivity index (χ3n) is 2.11. The predicted molar refractivity (Wildman–Crippen MR) is 53.3 cm³/mol. The Kier molecular flexibility index (Phi) is 3.21. The van der Waals surface area contributed by atoms with Crippen LogP contribution in [0.3, 0.4) is 0 Å². The average Bonchev–Trinajstić information content (AvgIpc) is 2.02. The van der Waals surface area contributed by atoms with E-state index in [1.807, 2.05) is 0 Å². The standard InChI is InChI=1S/C11H15F2N/c1-11(2,13)10-8(6-7-14)4-3-5-9(10)12/h3-5H,6-7,14H2,1-2H3. The molecule has 0 aliphatic heterocycles. The van der Waals surface area contributed by atoms with Crippen molar-refractivity contribution in [1.29, 1.82) is 0 Å². The molecule has 0 aliphatic rings. The van der Waals surface area contributed by atoms with Crippen LogP contribution in [0.15, 0.2) is 18.2 Å². The molecule has 0 bridgehead atoms. The molecule has 1 aromatic rings. The van der Waals surface area contributed by atoms with Gasteiger partial charge in [-0.3, -0.25) is 0 Å². The lowest BCUT2D eigenvalue weighted by Gasteiger charge is -2.19. The van der Waals surface area contributed by atoms with E-state index in [2.05, 4.69) is 0 Å². The van der Waals surface area contributed by atoms with E-state index >= 15 is 0 Å². The molecule has 0 spiro atoms. The lowest BCUT2D eigenvalue weighted by molar-refractivity contribution is 0.212. The molecule has 0 heterocycles. The first kappa shape index (κ1) is 11.1. The minimum Gasteiger partial charge on any atom is -0.330 e. The van der Waals surface area contributed by atoms with E-state index in [0.29, 0.717) is 18.5 Å². The highest BCUT2D eigenvalue weighted by atomic mass is 19.1. The van der Waals surface area contributed by atoms with Crippen LogP contribution in [0, 0.1) is 5.82 Å². The van der Waals surface area contributed by atoms with Gasteiger partial charge in [0.2, 0.25) is 0 Å².